The maximum atomic E-state index is 13.5. The fourth-order valence-electron chi connectivity index (χ4n) is 4.81. The van der Waals surface area contributed by atoms with E-state index in [1.807, 2.05) is 66.7 Å². The van der Waals surface area contributed by atoms with Crippen molar-refractivity contribution in [2.75, 3.05) is 33.3 Å². The second-order valence-corrected chi connectivity index (χ2v) is 9.48. The third-order valence-corrected chi connectivity index (χ3v) is 7.09. The number of carbonyl (C=O) groups is 2. The summed E-state index contributed by atoms with van der Waals surface area (Å²) in [6.45, 7) is 7.10. The second-order valence-electron chi connectivity index (χ2n) is 9.48. The van der Waals surface area contributed by atoms with Gasteiger partial charge in [-0.2, -0.15) is 0 Å². The van der Waals surface area contributed by atoms with Crippen LogP contribution in [0.15, 0.2) is 96.3 Å². The molecule has 0 aliphatic carbocycles. The SMILES string of the molecule is CCN(CC)CCN1C(=O)C(O)=C(C(=O)C=Cc2ccccc2)C1c1ccc(OCc2ccccc2)c(OC)c1. The van der Waals surface area contributed by atoms with Gasteiger partial charge in [-0.3, -0.25) is 9.59 Å². The Morgan fingerprint density at radius 1 is 0.975 bits per heavy atom. The predicted molar refractivity (Wildman–Crippen MR) is 156 cm³/mol. The molecule has 1 atom stereocenters. The van der Waals surface area contributed by atoms with Crippen LogP contribution in [0.3, 0.4) is 0 Å². The zero-order valence-electron chi connectivity index (χ0n) is 23.2. The van der Waals surface area contributed by atoms with Crippen molar-refractivity contribution in [1.29, 1.82) is 0 Å². The van der Waals surface area contributed by atoms with Crippen LogP contribution in [-0.2, 0) is 16.2 Å². The highest BCUT2D eigenvalue weighted by Gasteiger charge is 2.43. The number of hydrogen-bond acceptors (Lipinski definition) is 6. The van der Waals surface area contributed by atoms with E-state index in [2.05, 4.69) is 18.7 Å². The smallest absolute Gasteiger partial charge is 0.290 e. The Hall–Kier alpha value is -4.36. The van der Waals surface area contributed by atoms with Gasteiger partial charge in [-0.15, -0.1) is 0 Å². The molecule has 7 heteroatoms. The third kappa shape index (κ3) is 6.61. The summed E-state index contributed by atoms with van der Waals surface area (Å²) >= 11 is 0. The lowest BCUT2D eigenvalue weighted by Gasteiger charge is -2.29. The Bertz CT molecular complexity index is 1360. The minimum absolute atomic E-state index is 0.0525. The topological polar surface area (TPSA) is 79.3 Å². The lowest BCUT2D eigenvalue weighted by Crippen LogP contribution is -2.38. The van der Waals surface area contributed by atoms with Crippen molar-refractivity contribution < 1.29 is 24.2 Å². The molecule has 3 aromatic carbocycles. The van der Waals surface area contributed by atoms with E-state index in [0.29, 0.717) is 36.8 Å². The maximum Gasteiger partial charge on any atom is 0.290 e. The van der Waals surface area contributed by atoms with Gasteiger partial charge in [-0.25, -0.2) is 0 Å². The van der Waals surface area contributed by atoms with Crippen LogP contribution in [0.1, 0.15) is 36.6 Å². The Morgan fingerprint density at radius 2 is 1.65 bits per heavy atom. The number of rotatable bonds is 13. The number of ketones is 1. The number of methoxy groups -OCH3 is 1. The molecular formula is C33H36N2O5. The Balaban J connectivity index is 1.67. The Labute approximate surface area is 235 Å². The van der Waals surface area contributed by atoms with Gasteiger partial charge in [0, 0.05) is 13.1 Å². The highest BCUT2D eigenvalue weighted by atomic mass is 16.5. The molecule has 0 saturated heterocycles. The average Bonchev–Trinajstić information content (AvgIpc) is 3.25. The fourth-order valence-corrected chi connectivity index (χ4v) is 4.81. The van der Waals surface area contributed by atoms with Gasteiger partial charge >= 0.3 is 0 Å². The largest absolute Gasteiger partial charge is 0.503 e. The van der Waals surface area contributed by atoms with E-state index in [1.54, 1.807) is 30.2 Å². The van der Waals surface area contributed by atoms with Crippen molar-refractivity contribution >= 4 is 17.8 Å². The molecule has 0 radical (unpaired) electrons. The van der Waals surface area contributed by atoms with Crippen LogP contribution >= 0.6 is 0 Å². The van der Waals surface area contributed by atoms with Crippen LogP contribution in [-0.4, -0.2) is 59.9 Å². The van der Waals surface area contributed by atoms with Gasteiger partial charge in [0.15, 0.2) is 23.0 Å². The number of nitrogens with zero attached hydrogens (tertiary/aromatic N) is 2. The minimum atomic E-state index is -0.770. The quantitative estimate of drug-likeness (QED) is 0.285. The first-order valence-electron chi connectivity index (χ1n) is 13.5. The average molecular weight is 541 g/mol. The highest BCUT2D eigenvalue weighted by Crippen LogP contribution is 2.41. The van der Waals surface area contributed by atoms with Crippen LogP contribution in [0.2, 0.25) is 0 Å². The van der Waals surface area contributed by atoms with Crippen molar-refractivity contribution in [3.8, 4) is 11.5 Å². The zero-order valence-corrected chi connectivity index (χ0v) is 23.2. The van der Waals surface area contributed by atoms with Crippen molar-refractivity contribution in [3.05, 3.63) is 113 Å². The summed E-state index contributed by atoms with van der Waals surface area (Å²) in [5.41, 5.74) is 2.56. The molecule has 1 aliphatic rings. The molecule has 1 aliphatic heterocycles. The molecule has 4 rings (SSSR count). The first kappa shape index (κ1) is 28.6. The summed E-state index contributed by atoms with van der Waals surface area (Å²) in [6.07, 6.45) is 3.09. The number of hydrogen-bond donors (Lipinski definition) is 1. The van der Waals surface area contributed by atoms with E-state index < -0.39 is 23.5 Å². The molecule has 3 aromatic rings. The zero-order chi connectivity index (χ0) is 28.5. The second kappa shape index (κ2) is 13.6. The molecule has 1 unspecified atom stereocenters. The molecule has 7 nitrogen and oxygen atoms in total. The van der Waals surface area contributed by atoms with E-state index in [9.17, 15) is 14.7 Å². The van der Waals surface area contributed by atoms with Crippen LogP contribution in [0.5, 0.6) is 11.5 Å². The summed E-state index contributed by atoms with van der Waals surface area (Å²) in [6, 6.07) is 23.8. The van der Waals surface area contributed by atoms with Crippen LogP contribution < -0.4 is 9.47 Å². The number of allylic oxidation sites excluding steroid dienone is 1. The third-order valence-electron chi connectivity index (χ3n) is 7.09. The van der Waals surface area contributed by atoms with E-state index in [-0.39, 0.29) is 5.57 Å². The number of amides is 1. The molecule has 0 saturated carbocycles. The molecule has 40 heavy (non-hydrogen) atoms. The normalized spacial score (nSPS) is 15.3. The summed E-state index contributed by atoms with van der Waals surface area (Å²) in [5, 5.41) is 11.0. The summed E-state index contributed by atoms with van der Waals surface area (Å²) < 4.78 is 11.7. The van der Waals surface area contributed by atoms with Gasteiger partial charge in [0.1, 0.15) is 6.61 Å². The summed E-state index contributed by atoms with van der Waals surface area (Å²) in [7, 11) is 1.55. The first-order chi connectivity index (χ1) is 19.5. The van der Waals surface area contributed by atoms with E-state index >= 15 is 0 Å². The van der Waals surface area contributed by atoms with Crippen LogP contribution in [0.4, 0.5) is 0 Å². The molecule has 1 N–H and O–H groups in total. The number of ether oxygens (including phenoxy) is 2. The van der Waals surface area contributed by atoms with Crippen molar-refractivity contribution in [1.82, 2.24) is 9.80 Å². The standard InChI is InChI=1S/C33H36N2O5/c1-4-34(5-2)20-21-35-31(30(32(37)33(35)38)27(36)18-16-24-12-8-6-9-13-24)26-17-19-28(29(22-26)39-3)40-23-25-14-10-7-11-15-25/h6-19,22,31,37H,4-5,20-21,23H2,1-3H3. The number of benzene rings is 3. The molecule has 0 bridgehead atoms. The molecule has 0 spiro atoms. The number of aliphatic hydroxyl groups is 1. The molecule has 1 heterocycles. The molecule has 1 amide bonds. The minimum Gasteiger partial charge on any atom is -0.503 e. The van der Waals surface area contributed by atoms with Gasteiger partial charge in [0.25, 0.3) is 5.91 Å². The van der Waals surface area contributed by atoms with Gasteiger partial charge in [0.05, 0.1) is 18.7 Å². The van der Waals surface area contributed by atoms with Gasteiger partial charge in [-0.1, -0.05) is 86.7 Å². The summed E-state index contributed by atoms with van der Waals surface area (Å²) in [5.74, 6) is -0.484. The van der Waals surface area contributed by atoms with Crippen LogP contribution in [0.25, 0.3) is 6.08 Å². The predicted octanol–water partition coefficient (Wildman–Crippen LogP) is 5.59. The van der Waals surface area contributed by atoms with Crippen molar-refractivity contribution in [2.24, 2.45) is 0 Å². The van der Waals surface area contributed by atoms with Gasteiger partial charge in [-0.05, 0) is 48.0 Å². The van der Waals surface area contributed by atoms with E-state index in [4.69, 9.17) is 9.47 Å². The molecule has 208 valence electrons. The summed E-state index contributed by atoms with van der Waals surface area (Å²) in [4.78, 5) is 30.6. The monoisotopic (exact) mass is 540 g/mol. The van der Waals surface area contributed by atoms with Crippen molar-refractivity contribution in [3.63, 3.8) is 0 Å². The van der Waals surface area contributed by atoms with Crippen LogP contribution in [0, 0.1) is 0 Å². The Kier molecular flexibility index (Phi) is 9.76. The number of likely N-dealkylation sites (N-methyl/N-ethyl adjacent to an activating group) is 1. The lowest BCUT2D eigenvalue weighted by atomic mass is 9.95. The lowest BCUT2D eigenvalue weighted by molar-refractivity contribution is -0.129. The van der Waals surface area contributed by atoms with Crippen molar-refractivity contribution in [2.45, 2.75) is 26.5 Å². The van der Waals surface area contributed by atoms with E-state index in [0.717, 1.165) is 24.2 Å². The van der Waals surface area contributed by atoms with Gasteiger partial charge in [0.2, 0.25) is 0 Å². The molecule has 0 aromatic heterocycles. The molecule has 0 fully saturated rings. The first-order valence-corrected chi connectivity index (χ1v) is 13.5. The van der Waals surface area contributed by atoms with Gasteiger partial charge < -0.3 is 24.4 Å². The highest BCUT2D eigenvalue weighted by molar-refractivity contribution is 6.14. The fraction of sp³-hybridized carbons (Fsp3) is 0.273. The number of carbonyl (C=O) groups excluding carboxylic acids is 2. The molecular weight excluding hydrogens is 504 g/mol. The maximum absolute atomic E-state index is 13.5. The number of aliphatic hydroxyl groups excluding tert-OH is 1. The van der Waals surface area contributed by atoms with E-state index in [1.165, 1.54) is 6.08 Å². The Morgan fingerprint density at radius 3 is 2.30 bits per heavy atom.